The van der Waals surface area contributed by atoms with E-state index in [-0.39, 0.29) is 5.41 Å². The zero-order chi connectivity index (χ0) is 13.0. The SMILES string of the molecule is CC1(C)C(Cl)CC1NCCCCc1ccccc1. The van der Waals surface area contributed by atoms with E-state index in [1.54, 1.807) is 0 Å². The van der Waals surface area contributed by atoms with Gasteiger partial charge in [0.2, 0.25) is 0 Å². The summed E-state index contributed by atoms with van der Waals surface area (Å²) in [6.45, 7) is 5.64. The molecule has 1 aliphatic rings. The van der Waals surface area contributed by atoms with Crippen LogP contribution in [0.1, 0.15) is 38.7 Å². The molecule has 0 radical (unpaired) electrons. The summed E-state index contributed by atoms with van der Waals surface area (Å²) in [6.07, 6.45) is 4.81. The molecule has 0 bridgehead atoms. The van der Waals surface area contributed by atoms with Gasteiger partial charge in [0, 0.05) is 11.4 Å². The van der Waals surface area contributed by atoms with E-state index in [2.05, 4.69) is 49.5 Å². The van der Waals surface area contributed by atoms with Crippen molar-refractivity contribution in [2.24, 2.45) is 5.41 Å². The third-order valence-electron chi connectivity index (χ3n) is 4.27. The van der Waals surface area contributed by atoms with Crippen LogP contribution in [0.25, 0.3) is 0 Å². The maximum Gasteiger partial charge on any atom is 0.0416 e. The maximum atomic E-state index is 6.22. The van der Waals surface area contributed by atoms with Crippen molar-refractivity contribution in [3.63, 3.8) is 0 Å². The summed E-state index contributed by atoms with van der Waals surface area (Å²) < 4.78 is 0. The van der Waals surface area contributed by atoms with Gasteiger partial charge in [-0.05, 0) is 43.2 Å². The molecule has 1 aromatic carbocycles. The van der Waals surface area contributed by atoms with E-state index in [4.69, 9.17) is 11.6 Å². The van der Waals surface area contributed by atoms with E-state index in [1.165, 1.54) is 24.8 Å². The van der Waals surface area contributed by atoms with Gasteiger partial charge in [-0.15, -0.1) is 11.6 Å². The molecule has 2 unspecified atom stereocenters. The summed E-state index contributed by atoms with van der Waals surface area (Å²) in [5.41, 5.74) is 1.71. The van der Waals surface area contributed by atoms with Crippen LogP contribution in [0, 0.1) is 5.41 Å². The lowest BCUT2D eigenvalue weighted by Crippen LogP contribution is -2.57. The van der Waals surface area contributed by atoms with Gasteiger partial charge in [-0.2, -0.15) is 0 Å². The molecule has 0 aromatic heterocycles. The number of halogens is 1. The first-order chi connectivity index (χ1) is 8.60. The molecule has 0 aliphatic heterocycles. The number of unbranched alkanes of at least 4 members (excludes halogenated alkanes) is 1. The smallest absolute Gasteiger partial charge is 0.0416 e. The molecular formula is C16H24ClN. The molecule has 1 N–H and O–H groups in total. The molecular weight excluding hydrogens is 242 g/mol. The Morgan fingerprint density at radius 1 is 1.22 bits per heavy atom. The third-order valence-corrected chi connectivity index (χ3v) is 5.01. The van der Waals surface area contributed by atoms with Crippen molar-refractivity contribution in [2.75, 3.05) is 6.54 Å². The van der Waals surface area contributed by atoms with Crippen molar-refractivity contribution in [3.8, 4) is 0 Å². The Labute approximate surface area is 116 Å². The first-order valence-corrected chi connectivity index (χ1v) is 7.45. The van der Waals surface area contributed by atoms with Crippen molar-refractivity contribution in [2.45, 2.75) is 50.9 Å². The summed E-state index contributed by atoms with van der Waals surface area (Å²) in [4.78, 5) is 0. The standard InChI is InChI=1S/C16H24ClN/c1-16(2)14(17)12-15(16)18-11-7-6-10-13-8-4-3-5-9-13/h3-5,8-9,14-15,18H,6-7,10-12H2,1-2H3. The molecule has 2 rings (SSSR count). The molecule has 0 heterocycles. The fourth-order valence-corrected chi connectivity index (χ4v) is 2.92. The van der Waals surface area contributed by atoms with Gasteiger partial charge in [0.25, 0.3) is 0 Å². The predicted molar refractivity (Wildman–Crippen MR) is 79.2 cm³/mol. The average Bonchev–Trinajstić information content (AvgIpc) is 2.38. The Kier molecular flexibility index (Phi) is 4.69. The largest absolute Gasteiger partial charge is 0.313 e. The topological polar surface area (TPSA) is 12.0 Å². The highest BCUT2D eigenvalue weighted by molar-refractivity contribution is 6.21. The van der Waals surface area contributed by atoms with Crippen molar-refractivity contribution in [3.05, 3.63) is 35.9 Å². The molecule has 2 heteroatoms. The molecule has 0 saturated heterocycles. The van der Waals surface area contributed by atoms with Crippen LogP contribution in [0.3, 0.4) is 0 Å². The highest BCUT2D eigenvalue weighted by Crippen LogP contribution is 2.44. The molecule has 1 nitrogen and oxygen atoms in total. The Balaban J connectivity index is 1.57. The minimum absolute atomic E-state index is 0.265. The third kappa shape index (κ3) is 3.27. The summed E-state index contributed by atoms with van der Waals surface area (Å²) >= 11 is 6.22. The first kappa shape index (κ1) is 13.9. The molecule has 100 valence electrons. The highest BCUT2D eigenvalue weighted by Gasteiger charge is 2.46. The van der Waals surface area contributed by atoms with Crippen molar-refractivity contribution >= 4 is 11.6 Å². The highest BCUT2D eigenvalue weighted by atomic mass is 35.5. The van der Waals surface area contributed by atoms with Crippen molar-refractivity contribution in [1.82, 2.24) is 5.32 Å². The normalized spacial score (nSPS) is 25.7. The monoisotopic (exact) mass is 265 g/mol. The van der Waals surface area contributed by atoms with Crippen molar-refractivity contribution in [1.29, 1.82) is 0 Å². The summed E-state index contributed by atoms with van der Waals surface area (Å²) in [5.74, 6) is 0. The van der Waals surface area contributed by atoms with Crippen LogP contribution in [-0.2, 0) is 6.42 Å². The van der Waals surface area contributed by atoms with Gasteiger partial charge < -0.3 is 5.32 Å². The van der Waals surface area contributed by atoms with E-state index >= 15 is 0 Å². The summed E-state index contributed by atoms with van der Waals surface area (Å²) in [5, 5.41) is 3.99. The van der Waals surface area contributed by atoms with Gasteiger partial charge in [0.1, 0.15) is 0 Å². The molecule has 1 fully saturated rings. The Hall–Kier alpha value is -0.530. The van der Waals surface area contributed by atoms with Gasteiger partial charge >= 0.3 is 0 Å². The fraction of sp³-hybridized carbons (Fsp3) is 0.625. The molecule has 1 aromatic rings. The number of rotatable bonds is 6. The van der Waals surface area contributed by atoms with Crippen LogP contribution in [0.5, 0.6) is 0 Å². The van der Waals surface area contributed by atoms with Gasteiger partial charge in [-0.1, -0.05) is 44.2 Å². The van der Waals surface area contributed by atoms with E-state index < -0.39 is 0 Å². The van der Waals surface area contributed by atoms with Gasteiger partial charge in [0.15, 0.2) is 0 Å². The quantitative estimate of drug-likeness (QED) is 0.605. The van der Waals surface area contributed by atoms with Gasteiger partial charge in [-0.25, -0.2) is 0 Å². The second kappa shape index (κ2) is 6.08. The number of hydrogen-bond acceptors (Lipinski definition) is 1. The molecule has 1 aliphatic carbocycles. The molecule has 2 atom stereocenters. The Morgan fingerprint density at radius 3 is 2.56 bits per heavy atom. The number of aryl methyl sites for hydroxylation is 1. The van der Waals surface area contributed by atoms with Crippen LogP contribution in [0.4, 0.5) is 0 Å². The fourth-order valence-electron chi connectivity index (χ4n) is 2.59. The van der Waals surface area contributed by atoms with Gasteiger partial charge in [-0.3, -0.25) is 0 Å². The van der Waals surface area contributed by atoms with Gasteiger partial charge in [0.05, 0.1) is 0 Å². The zero-order valence-electron chi connectivity index (χ0n) is 11.5. The number of hydrogen-bond donors (Lipinski definition) is 1. The van der Waals surface area contributed by atoms with Crippen LogP contribution in [0.15, 0.2) is 30.3 Å². The Morgan fingerprint density at radius 2 is 1.94 bits per heavy atom. The minimum Gasteiger partial charge on any atom is -0.313 e. The lowest BCUT2D eigenvalue weighted by Gasteiger charge is -2.49. The first-order valence-electron chi connectivity index (χ1n) is 7.02. The average molecular weight is 266 g/mol. The lowest BCUT2D eigenvalue weighted by molar-refractivity contribution is 0.117. The number of nitrogens with one attached hydrogen (secondary N) is 1. The molecule has 1 saturated carbocycles. The maximum absolute atomic E-state index is 6.22. The van der Waals surface area contributed by atoms with E-state index in [0.717, 1.165) is 13.0 Å². The minimum atomic E-state index is 0.265. The van der Waals surface area contributed by atoms with Crippen LogP contribution >= 0.6 is 11.6 Å². The van der Waals surface area contributed by atoms with E-state index in [1.807, 2.05) is 0 Å². The second-order valence-electron chi connectivity index (χ2n) is 5.97. The lowest BCUT2D eigenvalue weighted by atomic mass is 9.67. The van der Waals surface area contributed by atoms with E-state index in [9.17, 15) is 0 Å². The molecule has 0 spiro atoms. The summed E-state index contributed by atoms with van der Waals surface area (Å²) in [7, 11) is 0. The zero-order valence-corrected chi connectivity index (χ0v) is 12.2. The van der Waals surface area contributed by atoms with E-state index in [0.29, 0.717) is 11.4 Å². The van der Waals surface area contributed by atoms with Crippen LogP contribution < -0.4 is 5.32 Å². The Bertz CT molecular complexity index is 361. The summed E-state index contributed by atoms with van der Waals surface area (Å²) in [6, 6.07) is 11.3. The predicted octanol–water partition coefficient (Wildman–Crippen LogP) is 4.00. The molecule has 0 amide bonds. The van der Waals surface area contributed by atoms with Crippen LogP contribution in [-0.4, -0.2) is 18.0 Å². The molecule has 18 heavy (non-hydrogen) atoms. The second-order valence-corrected chi connectivity index (χ2v) is 6.50. The number of benzene rings is 1. The van der Waals surface area contributed by atoms with Crippen LogP contribution in [0.2, 0.25) is 0 Å². The van der Waals surface area contributed by atoms with Crippen molar-refractivity contribution < 1.29 is 0 Å². The number of alkyl halides is 1.